The van der Waals surface area contributed by atoms with Gasteiger partial charge in [0.15, 0.2) is 0 Å². The topological polar surface area (TPSA) is 109 Å². The first-order chi connectivity index (χ1) is 15.9. The first kappa shape index (κ1) is 23.4. The maximum absolute atomic E-state index is 12.9. The Bertz CT molecular complexity index is 1060. The zero-order valence-electron chi connectivity index (χ0n) is 18.8. The third-order valence-electron chi connectivity index (χ3n) is 6.34. The number of rotatable bonds is 7. The van der Waals surface area contributed by atoms with Crippen LogP contribution in [-0.2, 0) is 16.6 Å². The number of piperidine rings is 1. The van der Waals surface area contributed by atoms with Gasteiger partial charge in [-0.25, -0.2) is 13.4 Å². The van der Waals surface area contributed by atoms with E-state index in [1.54, 1.807) is 6.20 Å². The molecule has 0 bridgehead atoms. The Balaban J connectivity index is 1.46. The van der Waals surface area contributed by atoms with Crippen molar-refractivity contribution < 1.29 is 13.3 Å². The SMILES string of the molecule is O=[N+]([O-])c1cc(S(=O)(=O)N2CCCCC2)ccc1NCc1ccc(N2CCCCCC2)nc1. The van der Waals surface area contributed by atoms with E-state index in [2.05, 4.69) is 15.2 Å². The zero-order chi connectivity index (χ0) is 23.3. The second kappa shape index (κ2) is 10.5. The quantitative estimate of drug-likeness (QED) is 0.475. The molecular formula is C23H31N5O4S. The van der Waals surface area contributed by atoms with Crippen molar-refractivity contribution in [1.29, 1.82) is 0 Å². The van der Waals surface area contributed by atoms with Crippen molar-refractivity contribution in [3.63, 3.8) is 0 Å². The van der Waals surface area contributed by atoms with Crippen LogP contribution < -0.4 is 10.2 Å². The van der Waals surface area contributed by atoms with E-state index in [0.717, 1.165) is 49.8 Å². The highest BCUT2D eigenvalue weighted by Gasteiger charge is 2.28. The molecule has 0 radical (unpaired) electrons. The summed E-state index contributed by atoms with van der Waals surface area (Å²) >= 11 is 0. The Morgan fingerprint density at radius 1 is 0.939 bits per heavy atom. The smallest absolute Gasteiger partial charge is 0.293 e. The Morgan fingerprint density at radius 2 is 1.61 bits per heavy atom. The van der Waals surface area contributed by atoms with Gasteiger partial charge in [-0.1, -0.05) is 25.3 Å². The summed E-state index contributed by atoms with van der Waals surface area (Å²) in [5.41, 5.74) is 0.935. The minimum absolute atomic E-state index is 0.0369. The molecule has 1 N–H and O–H groups in total. The number of anilines is 2. The molecule has 2 fully saturated rings. The molecule has 0 unspecified atom stereocenters. The maximum Gasteiger partial charge on any atom is 0.293 e. The average molecular weight is 474 g/mol. The van der Waals surface area contributed by atoms with Crippen LogP contribution in [0.2, 0.25) is 0 Å². The van der Waals surface area contributed by atoms with E-state index >= 15 is 0 Å². The van der Waals surface area contributed by atoms with E-state index in [1.807, 2.05) is 12.1 Å². The molecule has 0 aliphatic carbocycles. The molecule has 2 aliphatic rings. The van der Waals surface area contributed by atoms with Crippen LogP contribution in [0.25, 0.3) is 0 Å². The molecule has 1 aromatic carbocycles. The van der Waals surface area contributed by atoms with Crippen LogP contribution in [0.1, 0.15) is 50.5 Å². The van der Waals surface area contributed by atoms with Gasteiger partial charge in [0.1, 0.15) is 11.5 Å². The lowest BCUT2D eigenvalue weighted by molar-refractivity contribution is -0.384. The molecule has 0 spiro atoms. The molecule has 2 saturated heterocycles. The molecule has 4 rings (SSSR count). The number of nitro groups is 1. The second-order valence-corrected chi connectivity index (χ2v) is 10.6. The van der Waals surface area contributed by atoms with Crippen molar-refractivity contribution in [3.05, 3.63) is 52.2 Å². The number of aromatic nitrogens is 1. The van der Waals surface area contributed by atoms with Gasteiger partial charge in [-0.3, -0.25) is 10.1 Å². The van der Waals surface area contributed by atoms with E-state index < -0.39 is 14.9 Å². The summed E-state index contributed by atoms with van der Waals surface area (Å²) in [5, 5.41) is 14.7. The highest BCUT2D eigenvalue weighted by molar-refractivity contribution is 7.89. The standard InChI is InChI=1S/C23H31N5O4S/c29-28(30)22-16-20(33(31,32)27-14-6-3-7-15-27)9-10-21(22)24-17-19-8-11-23(25-18-19)26-12-4-1-2-5-13-26/h8-11,16,18,24H,1-7,12-15,17H2. The number of sulfonamides is 1. The van der Waals surface area contributed by atoms with Crippen LogP contribution in [0, 0.1) is 10.1 Å². The largest absolute Gasteiger partial charge is 0.375 e. The summed E-state index contributed by atoms with van der Waals surface area (Å²) in [6, 6.07) is 8.05. The van der Waals surface area contributed by atoms with E-state index in [4.69, 9.17) is 0 Å². The van der Waals surface area contributed by atoms with Gasteiger partial charge >= 0.3 is 0 Å². The second-order valence-electron chi connectivity index (χ2n) is 8.68. The predicted molar refractivity (Wildman–Crippen MR) is 128 cm³/mol. The molecule has 3 heterocycles. The summed E-state index contributed by atoms with van der Waals surface area (Å²) in [4.78, 5) is 18.0. The Labute approximate surface area is 195 Å². The van der Waals surface area contributed by atoms with Gasteiger partial charge in [0.2, 0.25) is 10.0 Å². The number of hydrogen-bond acceptors (Lipinski definition) is 7. The van der Waals surface area contributed by atoms with Gasteiger partial charge in [-0.15, -0.1) is 0 Å². The van der Waals surface area contributed by atoms with Crippen LogP contribution >= 0.6 is 0 Å². The fourth-order valence-corrected chi connectivity index (χ4v) is 5.97. The van der Waals surface area contributed by atoms with Gasteiger partial charge in [0, 0.05) is 45.0 Å². The first-order valence-electron chi connectivity index (χ1n) is 11.7. The van der Waals surface area contributed by atoms with E-state index in [1.165, 1.54) is 42.1 Å². The van der Waals surface area contributed by atoms with Crippen molar-refractivity contribution in [2.45, 2.75) is 56.4 Å². The molecule has 178 valence electrons. The Hall–Kier alpha value is -2.72. The number of nitrogens with zero attached hydrogens (tertiary/aromatic N) is 4. The van der Waals surface area contributed by atoms with Crippen LogP contribution in [0.4, 0.5) is 17.2 Å². The number of hydrogen-bond donors (Lipinski definition) is 1. The fraction of sp³-hybridized carbons (Fsp3) is 0.522. The number of pyridine rings is 1. The first-order valence-corrected chi connectivity index (χ1v) is 13.1. The molecule has 1 aromatic heterocycles. The van der Waals surface area contributed by atoms with Crippen LogP contribution in [0.3, 0.4) is 0 Å². The molecule has 0 atom stereocenters. The van der Waals surface area contributed by atoms with Gasteiger partial charge in [-0.05, 0) is 49.4 Å². The Morgan fingerprint density at radius 3 is 2.24 bits per heavy atom. The summed E-state index contributed by atoms with van der Waals surface area (Å²) in [5.74, 6) is 0.957. The summed E-state index contributed by atoms with van der Waals surface area (Å²) < 4.78 is 27.2. The zero-order valence-corrected chi connectivity index (χ0v) is 19.6. The number of nitrogens with one attached hydrogen (secondary N) is 1. The highest BCUT2D eigenvalue weighted by atomic mass is 32.2. The normalized spacial score (nSPS) is 18.0. The molecule has 33 heavy (non-hydrogen) atoms. The van der Waals surface area contributed by atoms with Crippen molar-refractivity contribution in [2.24, 2.45) is 0 Å². The average Bonchev–Trinajstić information content (AvgIpc) is 3.13. The van der Waals surface area contributed by atoms with Crippen LogP contribution in [0.15, 0.2) is 41.4 Å². The van der Waals surface area contributed by atoms with Gasteiger partial charge in [-0.2, -0.15) is 4.31 Å². The molecule has 10 heteroatoms. The van der Waals surface area contributed by atoms with Crippen molar-refractivity contribution in [3.8, 4) is 0 Å². The van der Waals surface area contributed by atoms with Gasteiger partial charge in [0.05, 0.1) is 9.82 Å². The van der Waals surface area contributed by atoms with E-state index in [9.17, 15) is 18.5 Å². The number of benzene rings is 1. The molecule has 0 saturated carbocycles. The fourth-order valence-electron chi connectivity index (χ4n) is 4.43. The minimum Gasteiger partial charge on any atom is -0.375 e. The summed E-state index contributed by atoms with van der Waals surface area (Å²) in [7, 11) is -3.73. The van der Waals surface area contributed by atoms with E-state index in [0.29, 0.717) is 19.6 Å². The highest BCUT2D eigenvalue weighted by Crippen LogP contribution is 2.30. The molecular weight excluding hydrogens is 442 g/mol. The monoisotopic (exact) mass is 473 g/mol. The lowest BCUT2D eigenvalue weighted by Crippen LogP contribution is -2.35. The van der Waals surface area contributed by atoms with Crippen LogP contribution in [0.5, 0.6) is 0 Å². The Kier molecular flexibility index (Phi) is 7.44. The molecule has 9 nitrogen and oxygen atoms in total. The van der Waals surface area contributed by atoms with Crippen LogP contribution in [-0.4, -0.2) is 48.8 Å². The van der Waals surface area contributed by atoms with Crippen molar-refractivity contribution in [2.75, 3.05) is 36.4 Å². The van der Waals surface area contributed by atoms with Gasteiger partial charge in [0.25, 0.3) is 5.69 Å². The number of nitro benzene ring substituents is 1. The van der Waals surface area contributed by atoms with Gasteiger partial charge < -0.3 is 10.2 Å². The summed E-state index contributed by atoms with van der Waals surface area (Å²) in [6.07, 6.45) is 9.29. The van der Waals surface area contributed by atoms with Crippen molar-refractivity contribution >= 4 is 27.2 Å². The van der Waals surface area contributed by atoms with Crippen molar-refractivity contribution in [1.82, 2.24) is 9.29 Å². The molecule has 2 aliphatic heterocycles. The maximum atomic E-state index is 12.9. The molecule has 2 aromatic rings. The van der Waals surface area contributed by atoms with E-state index in [-0.39, 0.29) is 16.3 Å². The third-order valence-corrected chi connectivity index (χ3v) is 8.24. The minimum atomic E-state index is -3.73. The predicted octanol–water partition coefficient (Wildman–Crippen LogP) is 4.16. The third kappa shape index (κ3) is 5.62. The molecule has 0 amide bonds. The summed E-state index contributed by atoms with van der Waals surface area (Å²) in [6.45, 7) is 3.30. The lowest BCUT2D eigenvalue weighted by atomic mass is 10.2. The lowest BCUT2D eigenvalue weighted by Gasteiger charge is -2.25.